The third-order valence-corrected chi connectivity index (χ3v) is 2.06. The van der Waals surface area contributed by atoms with E-state index in [0.29, 0.717) is 11.6 Å². The fraction of sp³-hybridized carbons (Fsp3) is 0.0909. The fourth-order valence-corrected chi connectivity index (χ4v) is 1.30. The molecule has 1 aromatic heterocycles. The molecule has 0 radical (unpaired) electrons. The molecule has 1 aromatic carbocycles. The summed E-state index contributed by atoms with van der Waals surface area (Å²) >= 11 is 0. The average Bonchev–Trinajstić information content (AvgIpc) is 2.29. The van der Waals surface area contributed by atoms with Gasteiger partial charge < -0.3 is 4.74 Å². The van der Waals surface area contributed by atoms with Crippen molar-refractivity contribution in [3.05, 3.63) is 42.2 Å². The highest BCUT2D eigenvalue weighted by Gasteiger charge is 2.08. The van der Waals surface area contributed by atoms with Crippen LogP contribution in [-0.4, -0.2) is 17.1 Å². The van der Waals surface area contributed by atoms with E-state index in [-0.39, 0.29) is 5.56 Å². The van der Waals surface area contributed by atoms with Gasteiger partial charge in [-0.1, -0.05) is 0 Å². The van der Waals surface area contributed by atoms with E-state index in [1.807, 2.05) is 0 Å². The Bertz CT molecular complexity index is 517. The van der Waals surface area contributed by atoms with Crippen molar-refractivity contribution in [2.75, 3.05) is 7.11 Å². The molecule has 2 aromatic rings. The Morgan fingerprint density at radius 1 is 1.12 bits per heavy atom. The predicted octanol–water partition coefficient (Wildman–Crippen LogP) is 2.43. The molecule has 0 unspecified atom stereocenters. The van der Waals surface area contributed by atoms with Crippen molar-refractivity contribution < 1.29 is 13.5 Å². The van der Waals surface area contributed by atoms with Gasteiger partial charge in [-0.2, -0.15) is 0 Å². The van der Waals surface area contributed by atoms with Crippen LogP contribution in [0.3, 0.4) is 0 Å². The highest BCUT2D eigenvalue weighted by atomic mass is 19.1. The van der Waals surface area contributed by atoms with Gasteiger partial charge in [-0.25, -0.2) is 18.7 Å². The van der Waals surface area contributed by atoms with Crippen molar-refractivity contribution in [1.82, 2.24) is 9.97 Å². The Morgan fingerprint density at radius 3 is 2.62 bits per heavy atom. The molecule has 2 rings (SSSR count). The lowest BCUT2D eigenvalue weighted by Gasteiger charge is -2.03. The van der Waals surface area contributed by atoms with Gasteiger partial charge in [-0.3, -0.25) is 0 Å². The summed E-state index contributed by atoms with van der Waals surface area (Å²) in [7, 11) is 1.45. The van der Waals surface area contributed by atoms with Crippen LogP contribution in [-0.2, 0) is 0 Å². The van der Waals surface area contributed by atoms with E-state index < -0.39 is 11.6 Å². The molecule has 0 aliphatic heterocycles. The van der Waals surface area contributed by atoms with E-state index >= 15 is 0 Å². The number of halogens is 2. The van der Waals surface area contributed by atoms with E-state index in [2.05, 4.69) is 9.97 Å². The summed E-state index contributed by atoms with van der Waals surface area (Å²) in [4.78, 5) is 7.70. The summed E-state index contributed by atoms with van der Waals surface area (Å²) in [5.74, 6) is -0.961. The van der Waals surface area contributed by atoms with Gasteiger partial charge in [0.05, 0.1) is 12.8 Å². The molecule has 3 nitrogen and oxygen atoms in total. The molecule has 0 fully saturated rings. The minimum Gasteiger partial charge on any atom is -0.481 e. The number of rotatable bonds is 2. The lowest BCUT2D eigenvalue weighted by molar-refractivity contribution is 0.397. The quantitative estimate of drug-likeness (QED) is 0.782. The summed E-state index contributed by atoms with van der Waals surface area (Å²) in [6, 6.07) is 4.79. The first-order valence-corrected chi connectivity index (χ1v) is 4.52. The normalized spacial score (nSPS) is 10.2. The molecule has 0 bridgehead atoms. The first-order chi connectivity index (χ1) is 7.70. The Kier molecular flexibility index (Phi) is 2.76. The minimum atomic E-state index is -0.666. The molecule has 1 heterocycles. The highest BCUT2D eigenvalue weighted by molar-refractivity contribution is 5.60. The van der Waals surface area contributed by atoms with Gasteiger partial charge in [0.1, 0.15) is 18.0 Å². The summed E-state index contributed by atoms with van der Waals surface area (Å²) in [5.41, 5.74) is 0.562. The van der Waals surface area contributed by atoms with Gasteiger partial charge in [-0.15, -0.1) is 0 Å². The fourth-order valence-electron chi connectivity index (χ4n) is 1.30. The maximum absolute atomic E-state index is 13.4. The standard InChI is InChI=1S/C11H8F2N2O/c1-16-11-5-10(14-6-15-11)8-3-2-7(12)4-9(8)13/h2-6H,1H3. The van der Waals surface area contributed by atoms with Crippen molar-refractivity contribution in [1.29, 1.82) is 0 Å². The van der Waals surface area contributed by atoms with Gasteiger partial charge in [0.2, 0.25) is 5.88 Å². The Balaban J connectivity index is 2.49. The topological polar surface area (TPSA) is 35.0 Å². The van der Waals surface area contributed by atoms with Crippen LogP contribution in [0.1, 0.15) is 0 Å². The number of aromatic nitrogens is 2. The monoisotopic (exact) mass is 222 g/mol. The SMILES string of the molecule is COc1cc(-c2ccc(F)cc2F)ncn1. The zero-order valence-electron chi connectivity index (χ0n) is 8.45. The van der Waals surface area contributed by atoms with E-state index in [0.717, 1.165) is 6.07 Å². The van der Waals surface area contributed by atoms with Gasteiger partial charge in [0.15, 0.2) is 0 Å². The lowest BCUT2D eigenvalue weighted by atomic mass is 10.1. The van der Waals surface area contributed by atoms with Crippen LogP contribution in [0.4, 0.5) is 8.78 Å². The van der Waals surface area contributed by atoms with Crippen LogP contribution in [0.5, 0.6) is 5.88 Å². The third kappa shape index (κ3) is 1.98. The van der Waals surface area contributed by atoms with Gasteiger partial charge in [-0.05, 0) is 12.1 Å². The number of methoxy groups -OCH3 is 1. The summed E-state index contributed by atoms with van der Waals surface area (Å²) in [6.45, 7) is 0. The molecule has 82 valence electrons. The van der Waals surface area contributed by atoms with E-state index in [1.165, 1.54) is 31.6 Å². The second-order valence-corrected chi connectivity index (χ2v) is 3.07. The molecule has 0 aliphatic carbocycles. The Morgan fingerprint density at radius 2 is 1.94 bits per heavy atom. The van der Waals surface area contributed by atoms with Gasteiger partial charge >= 0.3 is 0 Å². The molecule has 5 heteroatoms. The van der Waals surface area contributed by atoms with Crippen molar-refractivity contribution in [3.8, 4) is 17.1 Å². The maximum Gasteiger partial charge on any atom is 0.216 e. The molecule has 16 heavy (non-hydrogen) atoms. The Labute approximate surface area is 90.7 Å². The molecular formula is C11H8F2N2O. The molecule has 0 spiro atoms. The molecule has 0 saturated carbocycles. The molecule has 0 atom stereocenters. The Hall–Kier alpha value is -2.04. The third-order valence-electron chi connectivity index (χ3n) is 2.06. The van der Waals surface area contributed by atoms with Crippen LogP contribution in [0.15, 0.2) is 30.6 Å². The molecule has 0 aliphatic rings. The number of hydrogen-bond donors (Lipinski definition) is 0. The van der Waals surface area contributed by atoms with E-state index in [9.17, 15) is 8.78 Å². The van der Waals surface area contributed by atoms with Crippen LogP contribution in [0, 0.1) is 11.6 Å². The largest absolute Gasteiger partial charge is 0.481 e. The molecule has 0 N–H and O–H groups in total. The zero-order chi connectivity index (χ0) is 11.5. The number of ether oxygens (including phenoxy) is 1. The van der Waals surface area contributed by atoms with Crippen molar-refractivity contribution >= 4 is 0 Å². The average molecular weight is 222 g/mol. The smallest absolute Gasteiger partial charge is 0.216 e. The number of benzene rings is 1. The summed E-state index contributed by atoms with van der Waals surface area (Å²) in [6.07, 6.45) is 1.26. The second kappa shape index (κ2) is 4.22. The van der Waals surface area contributed by atoms with Crippen molar-refractivity contribution in [3.63, 3.8) is 0 Å². The van der Waals surface area contributed by atoms with Gasteiger partial charge in [0.25, 0.3) is 0 Å². The number of nitrogens with zero attached hydrogens (tertiary/aromatic N) is 2. The number of hydrogen-bond acceptors (Lipinski definition) is 3. The summed E-state index contributed by atoms with van der Waals surface area (Å²) in [5, 5.41) is 0. The maximum atomic E-state index is 13.4. The second-order valence-electron chi connectivity index (χ2n) is 3.07. The molecular weight excluding hydrogens is 214 g/mol. The van der Waals surface area contributed by atoms with Crippen molar-refractivity contribution in [2.24, 2.45) is 0 Å². The van der Waals surface area contributed by atoms with Crippen LogP contribution >= 0.6 is 0 Å². The first kappa shape index (κ1) is 10.5. The van der Waals surface area contributed by atoms with Crippen LogP contribution < -0.4 is 4.74 Å². The molecule has 0 amide bonds. The zero-order valence-corrected chi connectivity index (χ0v) is 8.45. The van der Waals surface area contributed by atoms with Crippen LogP contribution in [0.2, 0.25) is 0 Å². The lowest BCUT2D eigenvalue weighted by Crippen LogP contribution is -1.93. The van der Waals surface area contributed by atoms with E-state index in [4.69, 9.17) is 4.74 Å². The molecule has 0 saturated heterocycles. The van der Waals surface area contributed by atoms with E-state index in [1.54, 1.807) is 0 Å². The predicted molar refractivity (Wildman–Crippen MR) is 53.9 cm³/mol. The highest BCUT2D eigenvalue weighted by Crippen LogP contribution is 2.23. The van der Waals surface area contributed by atoms with Crippen LogP contribution in [0.25, 0.3) is 11.3 Å². The summed E-state index contributed by atoms with van der Waals surface area (Å²) < 4.78 is 31.0. The van der Waals surface area contributed by atoms with Crippen molar-refractivity contribution in [2.45, 2.75) is 0 Å². The first-order valence-electron chi connectivity index (χ1n) is 4.52. The van der Waals surface area contributed by atoms with Gasteiger partial charge in [0, 0.05) is 17.7 Å². The minimum absolute atomic E-state index is 0.210.